The molecule has 0 aliphatic heterocycles. The summed E-state index contributed by atoms with van der Waals surface area (Å²) in [7, 11) is 0. The molecular weight excluding hydrogens is 333 g/mol. The second kappa shape index (κ2) is 11.3. The van der Waals surface area contributed by atoms with E-state index >= 15 is 0 Å². The van der Waals surface area contributed by atoms with Crippen LogP contribution in [0.5, 0.6) is 0 Å². The maximum atomic E-state index is 11.4. The number of benzene rings is 1. The number of amides is 1. The van der Waals surface area contributed by atoms with Gasteiger partial charge in [0.15, 0.2) is 0 Å². The third-order valence-corrected chi connectivity index (χ3v) is 2.57. The van der Waals surface area contributed by atoms with E-state index in [4.69, 9.17) is 0 Å². The Morgan fingerprint density at radius 3 is 2.62 bits per heavy atom. The zero-order chi connectivity index (χ0) is 12.8. The van der Waals surface area contributed by atoms with Crippen LogP contribution in [0.25, 0.3) is 17.0 Å². The molecule has 116 valence electrons. The molecule has 0 saturated heterocycles. The van der Waals surface area contributed by atoms with Gasteiger partial charge in [-0.15, -0.1) is 12.4 Å². The van der Waals surface area contributed by atoms with Gasteiger partial charge in [0.2, 0.25) is 17.1 Å². The number of rotatable bonds is 4. The number of para-hydroxylation sites is 1. The lowest BCUT2D eigenvalue weighted by Crippen LogP contribution is -3.00. The van der Waals surface area contributed by atoms with E-state index in [2.05, 4.69) is 16.0 Å². The van der Waals surface area contributed by atoms with E-state index in [0.717, 1.165) is 16.6 Å². The van der Waals surface area contributed by atoms with Crippen molar-refractivity contribution < 1.29 is 40.3 Å². The van der Waals surface area contributed by atoms with Crippen molar-refractivity contribution in [2.75, 3.05) is 13.1 Å². The molecule has 1 heterocycles. The molecule has 1 aromatic carbocycles. The third kappa shape index (κ3) is 6.78. The Morgan fingerprint density at radius 1 is 1.19 bits per heavy atom. The second-order valence-electron chi connectivity index (χ2n) is 3.98. The van der Waals surface area contributed by atoms with Crippen LogP contribution >= 0.6 is 12.4 Å². The summed E-state index contributed by atoms with van der Waals surface area (Å²) in [6.07, 6.45) is 3.29. The van der Waals surface area contributed by atoms with Gasteiger partial charge in [0, 0.05) is 29.7 Å². The highest BCUT2D eigenvalue weighted by Gasteiger charge is 2.02. The number of pyridine rings is 1. The van der Waals surface area contributed by atoms with Crippen molar-refractivity contribution in [3.05, 3.63) is 48.2 Å². The fourth-order valence-corrected chi connectivity index (χ4v) is 1.67. The standard InChI is InChI=1S/C14H15N3O.3ClH/c15-9-10-16-14(18)8-7-12-6-5-11-3-1-2-4-13(11)17-12;;;/h1-8H,9-10,15H2,(H,16,18);3*1H/b8-7+;;;. The van der Waals surface area contributed by atoms with Gasteiger partial charge in [0.05, 0.1) is 13.1 Å². The van der Waals surface area contributed by atoms with Gasteiger partial charge in [-0.05, 0) is 12.1 Å². The Labute approximate surface area is 142 Å². The van der Waals surface area contributed by atoms with Crippen molar-refractivity contribution in [1.82, 2.24) is 5.32 Å². The van der Waals surface area contributed by atoms with Crippen molar-refractivity contribution in [3.63, 3.8) is 0 Å². The van der Waals surface area contributed by atoms with Gasteiger partial charge in [-0.3, -0.25) is 4.79 Å². The van der Waals surface area contributed by atoms with E-state index in [-0.39, 0.29) is 43.1 Å². The molecule has 1 amide bonds. The first-order valence-electron chi connectivity index (χ1n) is 5.96. The van der Waals surface area contributed by atoms with Crippen LogP contribution in [-0.2, 0) is 4.79 Å². The maximum Gasteiger partial charge on any atom is 0.244 e. The number of carbonyl (C=O) groups excluding carboxylic acids is 1. The SMILES string of the molecule is Cl.[Cl-].[Cl-].[NH3+]CCNC(=O)/C=C/c1ccc2ccccc2[nH+]1. The summed E-state index contributed by atoms with van der Waals surface area (Å²) in [5.74, 6) is -0.0970. The molecule has 0 aliphatic carbocycles. The van der Waals surface area contributed by atoms with Crippen LogP contribution in [0, 0.1) is 0 Å². The number of hydrogen-bond acceptors (Lipinski definition) is 1. The second-order valence-corrected chi connectivity index (χ2v) is 3.98. The number of nitrogens with one attached hydrogen (secondary N) is 2. The Morgan fingerprint density at radius 2 is 1.90 bits per heavy atom. The minimum Gasteiger partial charge on any atom is -1.00 e. The van der Waals surface area contributed by atoms with E-state index in [0.29, 0.717) is 13.1 Å². The zero-order valence-electron chi connectivity index (χ0n) is 11.3. The molecule has 0 aliphatic rings. The normalized spacial score (nSPS) is 9.38. The lowest BCUT2D eigenvalue weighted by molar-refractivity contribution is -0.364. The van der Waals surface area contributed by atoms with E-state index < -0.39 is 0 Å². The molecule has 2 rings (SSSR count). The number of carbonyl (C=O) groups is 1. The lowest BCUT2D eigenvalue weighted by atomic mass is 10.2. The minimum absolute atomic E-state index is 0. The average Bonchev–Trinajstić information content (AvgIpc) is 2.42. The molecule has 0 fully saturated rings. The highest BCUT2D eigenvalue weighted by molar-refractivity contribution is 5.91. The van der Waals surface area contributed by atoms with Gasteiger partial charge >= 0.3 is 0 Å². The molecule has 0 saturated carbocycles. The van der Waals surface area contributed by atoms with Crippen LogP contribution in [0.2, 0.25) is 0 Å². The smallest absolute Gasteiger partial charge is 0.244 e. The summed E-state index contributed by atoms with van der Waals surface area (Å²) in [5.41, 5.74) is 5.62. The predicted molar refractivity (Wildman–Crippen MR) is 77.6 cm³/mol. The number of H-pyrrole nitrogens is 1. The van der Waals surface area contributed by atoms with E-state index in [1.54, 1.807) is 6.08 Å². The number of aromatic amines is 1. The predicted octanol–water partition coefficient (Wildman–Crippen LogP) is -5.54. The highest BCUT2D eigenvalue weighted by atomic mass is 35.5. The van der Waals surface area contributed by atoms with Crippen LogP contribution in [0.4, 0.5) is 0 Å². The van der Waals surface area contributed by atoms with Crippen LogP contribution < -0.4 is 40.8 Å². The van der Waals surface area contributed by atoms with Crippen LogP contribution in [0.3, 0.4) is 0 Å². The van der Waals surface area contributed by atoms with Gasteiger partial charge in [-0.25, -0.2) is 4.98 Å². The molecule has 0 bridgehead atoms. The minimum atomic E-state index is -0.0970. The van der Waals surface area contributed by atoms with Crippen molar-refractivity contribution in [3.8, 4) is 0 Å². The fraction of sp³-hybridized carbons (Fsp3) is 0.143. The van der Waals surface area contributed by atoms with Gasteiger partial charge in [-0.1, -0.05) is 12.1 Å². The summed E-state index contributed by atoms with van der Waals surface area (Å²) in [6, 6.07) is 12.0. The molecule has 0 atom stereocenters. The topological polar surface area (TPSA) is 70.9 Å². The summed E-state index contributed by atoms with van der Waals surface area (Å²) in [5, 5.41) is 3.89. The van der Waals surface area contributed by atoms with Crippen LogP contribution in [0.1, 0.15) is 5.69 Å². The number of aromatic nitrogens is 1. The van der Waals surface area contributed by atoms with Crippen molar-refractivity contribution in [1.29, 1.82) is 0 Å². The molecule has 0 spiro atoms. The quantitative estimate of drug-likeness (QED) is 0.531. The lowest BCUT2D eigenvalue weighted by Gasteiger charge is -1.95. The number of halogens is 3. The summed E-state index contributed by atoms with van der Waals surface area (Å²) < 4.78 is 0. The summed E-state index contributed by atoms with van der Waals surface area (Å²) in [4.78, 5) is 14.7. The Hall–Kier alpha value is -1.33. The monoisotopic (exact) mass is 349 g/mol. The van der Waals surface area contributed by atoms with Gasteiger partial charge in [0.1, 0.15) is 0 Å². The number of hydrogen-bond donors (Lipinski definition) is 2. The molecule has 0 unspecified atom stereocenters. The first kappa shape index (κ1) is 22.0. The van der Waals surface area contributed by atoms with Crippen LogP contribution in [-0.4, -0.2) is 19.0 Å². The first-order valence-corrected chi connectivity index (χ1v) is 5.96. The Balaban J connectivity index is 0. The third-order valence-electron chi connectivity index (χ3n) is 2.57. The van der Waals surface area contributed by atoms with Gasteiger partial charge in [-0.2, -0.15) is 0 Å². The molecule has 21 heavy (non-hydrogen) atoms. The summed E-state index contributed by atoms with van der Waals surface area (Å²) >= 11 is 0. The molecule has 2 aromatic rings. The van der Waals surface area contributed by atoms with E-state index in [9.17, 15) is 4.79 Å². The molecule has 0 radical (unpaired) electrons. The Kier molecular flexibility index (Phi) is 11.9. The van der Waals surface area contributed by atoms with Crippen molar-refractivity contribution in [2.24, 2.45) is 0 Å². The van der Waals surface area contributed by atoms with E-state index in [1.807, 2.05) is 36.4 Å². The summed E-state index contributed by atoms with van der Waals surface area (Å²) in [6.45, 7) is 1.30. The molecule has 7 heteroatoms. The van der Waals surface area contributed by atoms with E-state index in [1.165, 1.54) is 6.08 Å². The number of quaternary nitrogens is 1. The zero-order valence-corrected chi connectivity index (χ0v) is 13.6. The molecular formula is C14H18Cl3N3O. The maximum absolute atomic E-state index is 11.4. The first-order chi connectivity index (χ1) is 8.79. The van der Waals surface area contributed by atoms with Gasteiger partial charge < -0.3 is 35.9 Å². The molecule has 5 N–H and O–H groups in total. The van der Waals surface area contributed by atoms with Crippen LogP contribution in [0.15, 0.2) is 42.5 Å². The van der Waals surface area contributed by atoms with Crippen molar-refractivity contribution in [2.45, 2.75) is 0 Å². The molecule has 1 aromatic heterocycles. The van der Waals surface area contributed by atoms with Crippen molar-refractivity contribution >= 4 is 35.3 Å². The fourth-order valence-electron chi connectivity index (χ4n) is 1.67. The number of fused-ring (bicyclic) bond motifs is 1. The molecule has 4 nitrogen and oxygen atoms in total. The Bertz CT molecular complexity index is 590. The van der Waals surface area contributed by atoms with Gasteiger partial charge in [0.25, 0.3) is 0 Å². The average molecular weight is 351 g/mol. The largest absolute Gasteiger partial charge is 1.00 e. The highest BCUT2D eigenvalue weighted by Crippen LogP contribution is 2.08.